The van der Waals surface area contributed by atoms with Gasteiger partial charge in [0, 0.05) is 17.1 Å². The van der Waals surface area contributed by atoms with Crippen LogP contribution >= 0.6 is 0 Å². The van der Waals surface area contributed by atoms with Crippen LogP contribution in [0.3, 0.4) is 0 Å². The van der Waals surface area contributed by atoms with E-state index in [0.29, 0.717) is 33.5 Å². The van der Waals surface area contributed by atoms with Crippen molar-refractivity contribution >= 4 is 28.5 Å². The van der Waals surface area contributed by atoms with Crippen molar-refractivity contribution in [3.05, 3.63) is 64.5 Å². The maximum atomic E-state index is 11.9. The number of fused-ring (bicyclic) bond motifs is 1. The summed E-state index contributed by atoms with van der Waals surface area (Å²) in [5.74, 6) is -1.18. The smallest absolute Gasteiger partial charge is 0.337 e. The molecule has 0 aliphatic carbocycles. The van der Waals surface area contributed by atoms with Gasteiger partial charge in [0.25, 0.3) is 5.91 Å². The number of methoxy groups -OCH3 is 1. The highest BCUT2D eigenvalue weighted by Crippen LogP contribution is 2.21. The minimum absolute atomic E-state index is 0.0146. The molecule has 3 N–H and O–H groups in total. The van der Waals surface area contributed by atoms with E-state index in [1.54, 1.807) is 31.2 Å². The lowest BCUT2D eigenvalue weighted by Crippen LogP contribution is -2.22. The normalized spacial score (nSPS) is 11.6. The Hall–Kier alpha value is -3.52. The van der Waals surface area contributed by atoms with Crippen molar-refractivity contribution in [2.45, 2.75) is 13.5 Å². The predicted octanol–water partition coefficient (Wildman–Crippen LogP) is 1.75. The van der Waals surface area contributed by atoms with Crippen LogP contribution in [0.25, 0.3) is 11.0 Å². The van der Waals surface area contributed by atoms with Gasteiger partial charge in [-0.15, -0.1) is 0 Å². The summed E-state index contributed by atoms with van der Waals surface area (Å²) < 4.78 is 10.4. The summed E-state index contributed by atoms with van der Waals surface area (Å²) in [6.07, 6.45) is 1.51. The number of aliphatic hydroxyl groups is 1. The maximum Gasteiger partial charge on any atom is 0.337 e. The molecule has 8 nitrogen and oxygen atoms in total. The zero-order valence-electron chi connectivity index (χ0n) is 14.7. The van der Waals surface area contributed by atoms with Gasteiger partial charge in [-0.05, 0) is 37.3 Å². The molecular weight excluding hydrogens is 350 g/mol. The van der Waals surface area contributed by atoms with Gasteiger partial charge in [-0.2, -0.15) is 0 Å². The number of amides is 1. The first-order valence-electron chi connectivity index (χ1n) is 8.00. The van der Waals surface area contributed by atoms with Crippen molar-refractivity contribution in [3.8, 4) is 0 Å². The Morgan fingerprint density at radius 2 is 2.00 bits per heavy atom. The van der Waals surface area contributed by atoms with Gasteiger partial charge in [0.1, 0.15) is 5.56 Å². The fraction of sp³-hybridized carbons (Fsp3) is 0.158. The van der Waals surface area contributed by atoms with Gasteiger partial charge in [0.05, 0.1) is 30.7 Å². The summed E-state index contributed by atoms with van der Waals surface area (Å²) in [7, 11) is 1.30. The van der Waals surface area contributed by atoms with Crippen LogP contribution in [0.5, 0.6) is 0 Å². The van der Waals surface area contributed by atoms with E-state index in [9.17, 15) is 14.7 Å². The Balaban J connectivity index is 2.22. The number of primary amides is 1. The third-order valence-corrected chi connectivity index (χ3v) is 4.01. The lowest BCUT2D eigenvalue weighted by Gasteiger charge is -2.07. The molecular formula is C19H17N3O5. The number of aromatic nitrogens is 1. The maximum absolute atomic E-state index is 11.9. The molecule has 2 heterocycles. The van der Waals surface area contributed by atoms with Crippen LogP contribution in [0, 0.1) is 6.92 Å². The van der Waals surface area contributed by atoms with E-state index in [4.69, 9.17) is 10.2 Å². The van der Waals surface area contributed by atoms with E-state index >= 15 is 0 Å². The molecule has 8 heteroatoms. The Morgan fingerprint density at radius 1 is 1.30 bits per heavy atom. The number of aryl methyl sites for hydroxylation is 1. The lowest BCUT2D eigenvalue weighted by atomic mass is 10.1. The molecule has 0 unspecified atom stereocenters. The monoisotopic (exact) mass is 367 g/mol. The van der Waals surface area contributed by atoms with Crippen LogP contribution in [0.4, 0.5) is 5.69 Å². The zero-order valence-corrected chi connectivity index (χ0v) is 14.7. The molecule has 0 saturated carbocycles. The molecule has 27 heavy (non-hydrogen) atoms. The van der Waals surface area contributed by atoms with Crippen LogP contribution in [0.1, 0.15) is 32.0 Å². The number of hydrogen-bond acceptors (Lipinski definition) is 7. The molecule has 138 valence electrons. The summed E-state index contributed by atoms with van der Waals surface area (Å²) in [5, 5.41) is 10.0. The van der Waals surface area contributed by atoms with Gasteiger partial charge in [0.15, 0.2) is 5.58 Å². The molecule has 0 spiro atoms. The molecule has 3 aromatic rings. The predicted molar refractivity (Wildman–Crippen MR) is 96.2 cm³/mol. The van der Waals surface area contributed by atoms with E-state index in [0.717, 1.165) is 0 Å². The molecule has 0 aliphatic rings. The minimum Gasteiger partial charge on any atom is -0.465 e. The number of carbonyl (C=O) groups is 2. The average molecular weight is 367 g/mol. The van der Waals surface area contributed by atoms with Crippen LogP contribution in [0.2, 0.25) is 0 Å². The number of esters is 1. The van der Waals surface area contributed by atoms with Crippen molar-refractivity contribution in [1.82, 2.24) is 4.98 Å². The Kier molecular flexibility index (Phi) is 5.00. The Labute approximate surface area is 153 Å². The lowest BCUT2D eigenvalue weighted by molar-refractivity contribution is 0.0600. The first kappa shape index (κ1) is 18.3. The van der Waals surface area contributed by atoms with Crippen LogP contribution in [0.15, 0.2) is 45.9 Å². The molecule has 3 rings (SSSR count). The van der Waals surface area contributed by atoms with Gasteiger partial charge < -0.3 is 20.0 Å². The number of carbonyl (C=O) groups excluding carboxylic acids is 2. The molecule has 0 radical (unpaired) electrons. The number of rotatable bonds is 4. The molecule has 0 bridgehead atoms. The number of nitrogens with zero attached hydrogens (tertiary/aromatic N) is 2. The summed E-state index contributed by atoms with van der Waals surface area (Å²) in [4.78, 5) is 31.9. The second-order valence-electron chi connectivity index (χ2n) is 5.75. The van der Waals surface area contributed by atoms with E-state index < -0.39 is 11.9 Å². The van der Waals surface area contributed by atoms with E-state index in [1.807, 2.05) is 0 Å². The molecule has 2 aromatic heterocycles. The Morgan fingerprint density at radius 3 is 2.59 bits per heavy atom. The van der Waals surface area contributed by atoms with E-state index in [1.165, 1.54) is 19.4 Å². The second-order valence-corrected chi connectivity index (χ2v) is 5.75. The molecule has 1 amide bonds. The van der Waals surface area contributed by atoms with Gasteiger partial charge >= 0.3 is 5.97 Å². The summed E-state index contributed by atoms with van der Waals surface area (Å²) in [6, 6.07) is 7.81. The zero-order chi connectivity index (χ0) is 19.6. The Bertz CT molecular complexity index is 1100. The standard InChI is InChI=1S/C19H17N3O5/c1-10-16-14(12(9-23)8-21-10)7-15(17(20)24)18(27-16)22-13-5-3-11(4-6-13)19(25)26-2/h3-8,23H,9H2,1-2H3,(H2,20,24). The van der Waals surface area contributed by atoms with Crippen LogP contribution in [-0.2, 0) is 11.3 Å². The number of hydrogen-bond donors (Lipinski definition) is 2. The van der Waals surface area contributed by atoms with Crippen LogP contribution < -0.4 is 11.3 Å². The molecule has 1 aromatic carbocycles. The van der Waals surface area contributed by atoms with Gasteiger partial charge in [-0.25, -0.2) is 9.79 Å². The summed E-state index contributed by atoms with van der Waals surface area (Å²) >= 11 is 0. The highest BCUT2D eigenvalue weighted by Gasteiger charge is 2.14. The van der Waals surface area contributed by atoms with Crippen molar-refractivity contribution in [1.29, 1.82) is 0 Å². The largest absolute Gasteiger partial charge is 0.465 e. The fourth-order valence-corrected chi connectivity index (χ4v) is 2.58. The van der Waals surface area contributed by atoms with Crippen LogP contribution in [-0.4, -0.2) is 29.1 Å². The third kappa shape index (κ3) is 3.56. The van der Waals surface area contributed by atoms with Gasteiger partial charge in [-0.3, -0.25) is 9.78 Å². The van der Waals surface area contributed by atoms with Gasteiger partial charge in [0.2, 0.25) is 5.55 Å². The van der Waals surface area contributed by atoms with E-state index in [2.05, 4.69) is 14.7 Å². The van der Waals surface area contributed by atoms with Gasteiger partial charge in [-0.1, -0.05) is 0 Å². The first-order chi connectivity index (χ1) is 12.9. The first-order valence-corrected chi connectivity index (χ1v) is 8.00. The van der Waals surface area contributed by atoms with Crippen molar-refractivity contribution in [3.63, 3.8) is 0 Å². The second kappa shape index (κ2) is 7.38. The molecule has 0 atom stereocenters. The summed E-state index contributed by atoms with van der Waals surface area (Å²) in [5.41, 5.74) is 7.87. The van der Waals surface area contributed by atoms with Crippen molar-refractivity contribution in [2.75, 3.05) is 7.11 Å². The quantitative estimate of drug-likeness (QED) is 0.676. The minimum atomic E-state index is -0.719. The van der Waals surface area contributed by atoms with Crippen molar-refractivity contribution in [2.24, 2.45) is 10.7 Å². The molecule has 0 fully saturated rings. The number of nitrogens with two attached hydrogens (primary N) is 1. The fourth-order valence-electron chi connectivity index (χ4n) is 2.58. The number of benzene rings is 1. The van der Waals surface area contributed by atoms with Crippen molar-refractivity contribution < 1.29 is 23.8 Å². The van der Waals surface area contributed by atoms with E-state index in [-0.39, 0.29) is 17.7 Å². The number of ether oxygens (including phenoxy) is 1. The topological polar surface area (TPSA) is 128 Å². The SMILES string of the molecule is COC(=O)c1ccc(N=c2oc3c(C)ncc(CO)c3cc2C(N)=O)cc1. The average Bonchev–Trinajstić information content (AvgIpc) is 2.68. The molecule has 0 saturated heterocycles. The highest BCUT2D eigenvalue weighted by atomic mass is 16.5. The molecule has 0 aliphatic heterocycles. The number of aliphatic hydroxyl groups excluding tert-OH is 1. The highest BCUT2D eigenvalue weighted by molar-refractivity contribution is 5.96. The number of pyridine rings is 1. The summed E-state index contributed by atoms with van der Waals surface area (Å²) in [6.45, 7) is 1.48. The third-order valence-electron chi connectivity index (χ3n) is 4.01.